The molecule has 0 unspecified atom stereocenters. The molecule has 6 heteroatoms. The number of hydrogen-bond acceptors (Lipinski definition) is 3. The zero-order chi connectivity index (χ0) is 14.0. The topological polar surface area (TPSA) is 62.5 Å². The van der Waals surface area contributed by atoms with Crippen LogP contribution in [-0.2, 0) is 6.54 Å². The van der Waals surface area contributed by atoms with E-state index in [2.05, 4.69) is 0 Å². The molecule has 1 aromatic heterocycles. The molecule has 0 aliphatic carbocycles. The Morgan fingerprint density at radius 2 is 2.00 bits per heavy atom. The van der Waals surface area contributed by atoms with E-state index in [0.717, 1.165) is 11.8 Å². The molecule has 1 aromatic carbocycles. The van der Waals surface area contributed by atoms with E-state index in [1.807, 2.05) is 0 Å². The van der Waals surface area contributed by atoms with Gasteiger partial charge in [-0.15, -0.1) is 0 Å². The highest BCUT2D eigenvalue weighted by molar-refractivity contribution is 6.58. The first-order valence-electron chi connectivity index (χ1n) is 5.80. The molecule has 0 saturated heterocycles. The molecule has 0 aliphatic rings. The lowest BCUT2D eigenvalue weighted by molar-refractivity contribution is 0.425. The summed E-state index contributed by atoms with van der Waals surface area (Å²) in [4.78, 5) is 11.7. The molecule has 19 heavy (non-hydrogen) atoms. The minimum atomic E-state index is -1.70. The summed E-state index contributed by atoms with van der Waals surface area (Å²) in [7, 11) is -1.70. The first-order chi connectivity index (χ1) is 8.99. The summed E-state index contributed by atoms with van der Waals surface area (Å²) in [6.07, 6.45) is 0. The van der Waals surface area contributed by atoms with Crippen molar-refractivity contribution < 1.29 is 14.4 Å². The first-order valence-corrected chi connectivity index (χ1v) is 5.80. The maximum atomic E-state index is 13.8. The lowest BCUT2D eigenvalue weighted by atomic mass is 9.80. The predicted molar refractivity (Wildman–Crippen MR) is 70.8 cm³/mol. The zero-order valence-electron chi connectivity index (χ0n) is 10.4. The molecular weight excluding hydrogens is 248 g/mol. The molecule has 0 saturated carbocycles. The number of nitrogens with zero attached hydrogens (tertiary/aromatic N) is 1. The van der Waals surface area contributed by atoms with Gasteiger partial charge in [0.15, 0.2) is 0 Å². The summed E-state index contributed by atoms with van der Waals surface area (Å²) >= 11 is 0. The van der Waals surface area contributed by atoms with Crippen LogP contribution in [0.1, 0.15) is 11.3 Å². The highest BCUT2D eigenvalue weighted by atomic mass is 19.1. The minimum Gasteiger partial charge on any atom is -0.423 e. The maximum absolute atomic E-state index is 13.8. The van der Waals surface area contributed by atoms with E-state index >= 15 is 0 Å². The Morgan fingerprint density at radius 1 is 1.26 bits per heavy atom. The van der Waals surface area contributed by atoms with E-state index in [4.69, 9.17) is 10.0 Å². The Labute approximate surface area is 109 Å². The summed E-state index contributed by atoms with van der Waals surface area (Å²) < 4.78 is 15.3. The van der Waals surface area contributed by atoms with Gasteiger partial charge in [0.05, 0.1) is 6.54 Å². The fourth-order valence-electron chi connectivity index (χ4n) is 1.85. The van der Waals surface area contributed by atoms with Gasteiger partial charge >= 0.3 is 7.12 Å². The number of benzene rings is 1. The number of aromatic nitrogens is 1. The van der Waals surface area contributed by atoms with Gasteiger partial charge in [-0.1, -0.05) is 18.2 Å². The predicted octanol–water partition coefficient (Wildman–Crippen LogP) is 0.0239. The molecule has 0 atom stereocenters. The summed E-state index contributed by atoms with van der Waals surface area (Å²) in [6.45, 7) is 1.88. The molecule has 0 aliphatic heterocycles. The monoisotopic (exact) mass is 261 g/mol. The number of pyridine rings is 1. The molecule has 0 bridgehead atoms. The second kappa shape index (κ2) is 5.38. The average Bonchev–Trinajstić information content (AvgIpc) is 2.35. The van der Waals surface area contributed by atoms with E-state index in [1.165, 1.54) is 22.8 Å². The molecule has 1 heterocycles. The number of hydrogen-bond donors (Lipinski definition) is 2. The molecule has 0 spiro atoms. The summed E-state index contributed by atoms with van der Waals surface area (Å²) in [5, 5.41) is 17.9. The van der Waals surface area contributed by atoms with E-state index in [-0.39, 0.29) is 17.6 Å². The Hall–Kier alpha value is -1.92. The Morgan fingerprint density at radius 3 is 2.58 bits per heavy atom. The van der Waals surface area contributed by atoms with Gasteiger partial charge in [-0.3, -0.25) is 4.79 Å². The van der Waals surface area contributed by atoms with Crippen LogP contribution in [0.2, 0.25) is 0 Å². The molecule has 2 N–H and O–H groups in total. The fraction of sp³-hybridized carbons (Fsp3) is 0.154. The summed E-state index contributed by atoms with van der Waals surface area (Å²) in [5.41, 5.74) is 0.933. The van der Waals surface area contributed by atoms with Crippen LogP contribution in [0.5, 0.6) is 0 Å². The second-order valence-corrected chi connectivity index (χ2v) is 4.32. The first kappa shape index (κ1) is 13.5. The van der Waals surface area contributed by atoms with Gasteiger partial charge in [0.1, 0.15) is 5.82 Å². The van der Waals surface area contributed by atoms with E-state index in [9.17, 15) is 9.18 Å². The maximum Gasteiger partial charge on any atom is 0.488 e. The van der Waals surface area contributed by atoms with Crippen LogP contribution in [0, 0.1) is 12.7 Å². The van der Waals surface area contributed by atoms with Crippen molar-refractivity contribution in [3.05, 3.63) is 63.8 Å². The molecule has 2 aromatic rings. The van der Waals surface area contributed by atoms with Crippen molar-refractivity contribution in [3.8, 4) is 0 Å². The minimum absolute atomic E-state index is 0.0818. The van der Waals surface area contributed by atoms with Gasteiger partial charge in [-0.2, -0.15) is 0 Å². The number of rotatable bonds is 3. The van der Waals surface area contributed by atoms with Gasteiger partial charge in [0, 0.05) is 17.3 Å². The lowest BCUT2D eigenvalue weighted by Gasteiger charge is -2.11. The van der Waals surface area contributed by atoms with Crippen LogP contribution < -0.4 is 11.0 Å². The SMILES string of the molecule is Cc1cccc(=O)n1Cc1ccc(B(O)O)cc1F. The standard InChI is InChI=1S/C13H13BFNO3/c1-9-3-2-4-13(17)16(9)8-10-5-6-11(14(18)19)7-12(10)15/h2-7,18-19H,8H2,1H3. The van der Waals surface area contributed by atoms with E-state index in [0.29, 0.717) is 5.56 Å². The van der Waals surface area contributed by atoms with Gasteiger partial charge in [0.25, 0.3) is 5.56 Å². The molecule has 98 valence electrons. The molecular formula is C13H13BFNO3. The smallest absolute Gasteiger partial charge is 0.423 e. The largest absolute Gasteiger partial charge is 0.488 e. The summed E-state index contributed by atoms with van der Waals surface area (Å²) in [5.74, 6) is -0.569. The van der Waals surface area contributed by atoms with Crippen LogP contribution in [-0.4, -0.2) is 21.7 Å². The third-order valence-electron chi connectivity index (χ3n) is 2.97. The zero-order valence-corrected chi connectivity index (χ0v) is 10.4. The highest BCUT2D eigenvalue weighted by Crippen LogP contribution is 2.08. The van der Waals surface area contributed by atoms with Crippen molar-refractivity contribution in [2.75, 3.05) is 0 Å². The Kier molecular flexibility index (Phi) is 3.83. The van der Waals surface area contributed by atoms with Crippen LogP contribution in [0.4, 0.5) is 4.39 Å². The van der Waals surface area contributed by atoms with Gasteiger partial charge in [-0.05, 0) is 24.5 Å². The highest BCUT2D eigenvalue weighted by Gasteiger charge is 2.14. The van der Waals surface area contributed by atoms with Crippen molar-refractivity contribution >= 4 is 12.6 Å². The average molecular weight is 261 g/mol. The van der Waals surface area contributed by atoms with Crippen molar-refractivity contribution in [1.29, 1.82) is 0 Å². The lowest BCUT2D eigenvalue weighted by Crippen LogP contribution is -2.30. The van der Waals surface area contributed by atoms with Crippen LogP contribution in [0.25, 0.3) is 0 Å². The third kappa shape index (κ3) is 2.92. The Bertz CT molecular complexity index is 655. The van der Waals surface area contributed by atoms with Crippen molar-refractivity contribution in [2.24, 2.45) is 0 Å². The summed E-state index contributed by atoms with van der Waals surface area (Å²) in [6, 6.07) is 8.76. The van der Waals surface area contributed by atoms with Gasteiger partial charge < -0.3 is 14.6 Å². The molecule has 0 fully saturated rings. The molecule has 4 nitrogen and oxygen atoms in total. The van der Waals surface area contributed by atoms with Gasteiger partial charge in [0.2, 0.25) is 0 Å². The van der Waals surface area contributed by atoms with Crippen LogP contribution in [0.15, 0.2) is 41.2 Å². The second-order valence-electron chi connectivity index (χ2n) is 4.32. The van der Waals surface area contributed by atoms with Gasteiger partial charge in [-0.25, -0.2) is 4.39 Å². The fourth-order valence-corrected chi connectivity index (χ4v) is 1.85. The van der Waals surface area contributed by atoms with E-state index < -0.39 is 12.9 Å². The number of aryl methyl sites for hydroxylation is 1. The number of halogens is 1. The van der Waals surface area contributed by atoms with Crippen molar-refractivity contribution in [3.63, 3.8) is 0 Å². The van der Waals surface area contributed by atoms with Crippen LogP contribution in [0.3, 0.4) is 0 Å². The molecule has 0 radical (unpaired) electrons. The molecule has 0 amide bonds. The van der Waals surface area contributed by atoms with Crippen molar-refractivity contribution in [1.82, 2.24) is 4.57 Å². The Balaban J connectivity index is 2.37. The molecule has 2 rings (SSSR count). The normalized spacial score (nSPS) is 10.5. The van der Waals surface area contributed by atoms with Crippen molar-refractivity contribution in [2.45, 2.75) is 13.5 Å². The third-order valence-corrected chi connectivity index (χ3v) is 2.97. The van der Waals surface area contributed by atoms with Crippen LogP contribution >= 0.6 is 0 Å². The quantitative estimate of drug-likeness (QED) is 0.766. The van der Waals surface area contributed by atoms with E-state index in [1.54, 1.807) is 19.1 Å².